The first-order valence-electron chi connectivity index (χ1n) is 6.23. The number of ether oxygens (including phenoxy) is 1. The molecule has 0 amide bonds. The number of rotatable bonds is 4. The minimum absolute atomic E-state index is 0.0177. The molecular weight excluding hydrogens is 303 g/mol. The normalized spacial score (nSPS) is 10.7. The van der Waals surface area contributed by atoms with Gasteiger partial charge in [0.2, 0.25) is 5.43 Å². The molecule has 22 heavy (non-hydrogen) atoms. The minimum Gasteiger partial charge on any atom is -0.462 e. The Morgan fingerprint density at radius 3 is 2.59 bits per heavy atom. The third kappa shape index (κ3) is 2.47. The zero-order chi connectivity index (χ0) is 16.4. The Morgan fingerprint density at radius 2 is 2.00 bits per heavy atom. The molecule has 0 unspecified atom stereocenters. The van der Waals surface area contributed by atoms with Crippen molar-refractivity contribution in [2.24, 2.45) is 0 Å². The summed E-state index contributed by atoms with van der Waals surface area (Å²) < 4.78 is 46.1. The summed E-state index contributed by atoms with van der Waals surface area (Å²) in [5.41, 5.74) is -2.10. The van der Waals surface area contributed by atoms with Crippen LogP contribution in [0, 0.1) is 17.5 Å². The van der Waals surface area contributed by atoms with Crippen molar-refractivity contribution >= 4 is 23.2 Å². The molecule has 0 aliphatic carbocycles. The van der Waals surface area contributed by atoms with E-state index in [1.807, 2.05) is 0 Å². The van der Waals surface area contributed by atoms with Crippen LogP contribution in [0.15, 0.2) is 17.1 Å². The second kappa shape index (κ2) is 6.00. The van der Waals surface area contributed by atoms with Gasteiger partial charge in [-0.1, -0.05) is 0 Å². The zero-order valence-electron chi connectivity index (χ0n) is 11.4. The molecule has 0 fully saturated rings. The molecule has 0 saturated heterocycles. The predicted octanol–water partition coefficient (Wildman–Crippen LogP) is 1.79. The Hall–Kier alpha value is -2.64. The molecule has 0 aliphatic heterocycles. The van der Waals surface area contributed by atoms with Crippen LogP contribution in [0.1, 0.15) is 17.3 Å². The van der Waals surface area contributed by atoms with E-state index in [1.165, 1.54) is 6.92 Å². The van der Waals surface area contributed by atoms with Gasteiger partial charge in [-0.3, -0.25) is 4.79 Å². The lowest BCUT2D eigenvalue weighted by Gasteiger charge is -2.12. The number of hydrogen-bond acceptors (Lipinski definition) is 4. The molecule has 116 valence electrons. The van der Waals surface area contributed by atoms with Crippen LogP contribution in [-0.2, 0) is 16.1 Å². The third-order valence-electron chi connectivity index (χ3n) is 2.96. The second-order valence-corrected chi connectivity index (χ2v) is 4.29. The maximum absolute atomic E-state index is 13.9. The monoisotopic (exact) mass is 313 g/mol. The summed E-state index contributed by atoms with van der Waals surface area (Å²) in [5, 5.41) is -0.552. The summed E-state index contributed by atoms with van der Waals surface area (Å²) in [5.74, 6) is -5.94. The first-order chi connectivity index (χ1) is 10.4. The van der Waals surface area contributed by atoms with Gasteiger partial charge in [0.05, 0.1) is 24.1 Å². The van der Waals surface area contributed by atoms with E-state index in [1.54, 1.807) is 0 Å². The zero-order valence-corrected chi connectivity index (χ0v) is 11.4. The molecule has 0 bridgehead atoms. The highest BCUT2D eigenvalue weighted by Crippen LogP contribution is 2.21. The van der Waals surface area contributed by atoms with E-state index >= 15 is 0 Å². The first kappa shape index (κ1) is 15.7. The SMILES string of the molecule is CCOC(=O)c1cn(CC=O)c2c(F)c(F)c(F)cc2c1=O. The Labute approximate surface area is 121 Å². The van der Waals surface area contributed by atoms with Gasteiger partial charge in [0, 0.05) is 6.20 Å². The van der Waals surface area contributed by atoms with Gasteiger partial charge in [0.25, 0.3) is 0 Å². The van der Waals surface area contributed by atoms with E-state index in [0.29, 0.717) is 12.4 Å². The molecule has 0 aliphatic rings. The van der Waals surface area contributed by atoms with Crippen LogP contribution in [0.4, 0.5) is 13.2 Å². The molecule has 1 aromatic carbocycles. The molecule has 2 rings (SSSR count). The fraction of sp³-hybridized carbons (Fsp3) is 0.214. The minimum atomic E-state index is -1.77. The summed E-state index contributed by atoms with van der Waals surface area (Å²) in [4.78, 5) is 34.5. The van der Waals surface area contributed by atoms with E-state index in [0.717, 1.165) is 10.8 Å². The molecule has 0 spiro atoms. The van der Waals surface area contributed by atoms with E-state index in [9.17, 15) is 27.6 Å². The average Bonchev–Trinajstić information content (AvgIpc) is 2.48. The van der Waals surface area contributed by atoms with E-state index in [2.05, 4.69) is 4.74 Å². The second-order valence-electron chi connectivity index (χ2n) is 4.29. The first-order valence-corrected chi connectivity index (χ1v) is 6.23. The van der Waals surface area contributed by atoms with Crippen molar-refractivity contribution in [2.45, 2.75) is 13.5 Å². The highest BCUT2D eigenvalue weighted by atomic mass is 19.2. The maximum Gasteiger partial charge on any atom is 0.343 e. The number of aldehydes is 1. The fourth-order valence-corrected chi connectivity index (χ4v) is 2.04. The molecule has 1 heterocycles. The Bertz CT molecular complexity index is 829. The number of halogens is 3. The number of esters is 1. The highest BCUT2D eigenvalue weighted by Gasteiger charge is 2.22. The largest absolute Gasteiger partial charge is 0.462 e. The number of aromatic nitrogens is 1. The predicted molar refractivity (Wildman–Crippen MR) is 70.1 cm³/mol. The molecule has 5 nitrogen and oxygen atoms in total. The average molecular weight is 313 g/mol. The van der Waals surface area contributed by atoms with Crippen molar-refractivity contribution in [1.82, 2.24) is 4.57 Å². The van der Waals surface area contributed by atoms with E-state index < -0.39 is 51.9 Å². The lowest BCUT2D eigenvalue weighted by Crippen LogP contribution is -2.22. The summed E-state index contributed by atoms with van der Waals surface area (Å²) >= 11 is 0. The van der Waals surface area contributed by atoms with Gasteiger partial charge in [-0.25, -0.2) is 18.0 Å². The quantitative estimate of drug-likeness (QED) is 0.490. The van der Waals surface area contributed by atoms with Crippen LogP contribution >= 0.6 is 0 Å². The maximum atomic E-state index is 13.9. The standard InChI is InChI=1S/C14H10F3NO4/c1-2-22-14(21)8-6-18(3-4-19)12-7(13(8)20)5-9(15)10(16)11(12)17/h4-6H,2-3H2,1H3. The van der Waals surface area contributed by atoms with Crippen molar-refractivity contribution in [3.63, 3.8) is 0 Å². The Morgan fingerprint density at radius 1 is 1.32 bits per heavy atom. The number of nitrogens with zero attached hydrogens (tertiary/aromatic N) is 1. The topological polar surface area (TPSA) is 65.4 Å². The fourth-order valence-electron chi connectivity index (χ4n) is 2.04. The Kier molecular flexibility index (Phi) is 4.30. The number of carbonyl (C=O) groups excluding carboxylic acids is 2. The third-order valence-corrected chi connectivity index (χ3v) is 2.96. The lowest BCUT2D eigenvalue weighted by molar-refractivity contribution is -0.108. The highest BCUT2D eigenvalue weighted by molar-refractivity contribution is 5.94. The van der Waals surface area contributed by atoms with Crippen LogP contribution < -0.4 is 5.43 Å². The lowest BCUT2D eigenvalue weighted by atomic mass is 10.1. The van der Waals surface area contributed by atoms with Crippen LogP contribution in [0.3, 0.4) is 0 Å². The van der Waals surface area contributed by atoms with Crippen molar-refractivity contribution < 1.29 is 27.5 Å². The van der Waals surface area contributed by atoms with Gasteiger partial charge in [0.1, 0.15) is 11.8 Å². The number of fused-ring (bicyclic) bond motifs is 1. The van der Waals surface area contributed by atoms with Crippen LogP contribution in [-0.4, -0.2) is 23.4 Å². The summed E-state index contributed by atoms with van der Waals surface area (Å²) in [6, 6.07) is 0.486. The number of pyridine rings is 1. The number of benzene rings is 1. The van der Waals surface area contributed by atoms with Gasteiger partial charge < -0.3 is 14.1 Å². The number of hydrogen-bond donors (Lipinski definition) is 0. The van der Waals surface area contributed by atoms with Crippen molar-refractivity contribution in [2.75, 3.05) is 6.61 Å². The van der Waals surface area contributed by atoms with Crippen LogP contribution in [0.25, 0.3) is 10.9 Å². The Balaban J connectivity index is 2.91. The van der Waals surface area contributed by atoms with Crippen molar-refractivity contribution in [3.05, 3.63) is 45.5 Å². The van der Waals surface area contributed by atoms with E-state index in [-0.39, 0.29) is 6.61 Å². The van der Waals surface area contributed by atoms with E-state index in [4.69, 9.17) is 0 Å². The smallest absolute Gasteiger partial charge is 0.343 e. The van der Waals surface area contributed by atoms with Crippen molar-refractivity contribution in [3.8, 4) is 0 Å². The molecule has 0 N–H and O–H groups in total. The molecule has 0 atom stereocenters. The van der Waals surface area contributed by atoms with Gasteiger partial charge in [-0.05, 0) is 13.0 Å². The molecular formula is C14H10F3NO4. The molecule has 2 aromatic rings. The molecule has 0 saturated carbocycles. The molecule has 0 radical (unpaired) electrons. The van der Waals surface area contributed by atoms with Gasteiger partial charge in [-0.15, -0.1) is 0 Å². The molecule has 8 heteroatoms. The summed E-state index contributed by atoms with van der Waals surface area (Å²) in [6.45, 7) is 1.04. The van der Waals surface area contributed by atoms with Gasteiger partial charge >= 0.3 is 5.97 Å². The van der Waals surface area contributed by atoms with Gasteiger partial charge in [0.15, 0.2) is 17.5 Å². The molecule has 1 aromatic heterocycles. The number of carbonyl (C=O) groups is 2. The summed E-state index contributed by atoms with van der Waals surface area (Å²) in [7, 11) is 0. The van der Waals surface area contributed by atoms with Crippen molar-refractivity contribution in [1.29, 1.82) is 0 Å². The van der Waals surface area contributed by atoms with Gasteiger partial charge in [-0.2, -0.15) is 0 Å². The van der Waals surface area contributed by atoms with Crippen LogP contribution in [0.2, 0.25) is 0 Å². The van der Waals surface area contributed by atoms with Crippen LogP contribution in [0.5, 0.6) is 0 Å². The summed E-state index contributed by atoms with van der Waals surface area (Å²) in [6.07, 6.45) is 1.25.